The average molecular weight is 403 g/mol. The topological polar surface area (TPSA) is 49.9 Å². The summed E-state index contributed by atoms with van der Waals surface area (Å²) in [7, 11) is 3.30. The zero-order chi connectivity index (χ0) is 19.6. The Morgan fingerprint density at radius 3 is 2.35 bits per heavy atom. The van der Waals surface area contributed by atoms with E-state index in [1.807, 2.05) is 0 Å². The first-order valence-corrected chi connectivity index (χ1v) is 9.56. The highest BCUT2D eigenvalue weighted by molar-refractivity contribution is 8.13. The molecule has 0 fully saturated rings. The van der Waals surface area contributed by atoms with Crippen LogP contribution in [0.4, 0.5) is 14.0 Å². The summed E-state index contributed by atoms with van der Waals surface area (Å²) in [6.07, 6.45) is 0.339. The van der Waals surface area contributed by atoms with Crippen molar-refractivity contribution in [3.63, 3.8) is 0 Å². The summed E-state index contributed by atoms with van der Waals surface area (Å²) in [5.74, 6) is -0.405. The number of hydrogen-bond acceptors (Lipinski definition) is 4. The van der Waals surface area contributed by atoms with Gasteiger partial charge in [0.15, 0.2) is 0 Å². The highest BCUT2D eigenvalue weighted by Gasteiger charge is 2.28. The number of halogens is 2. The summed E-state index contributed by atoms with van der Waals surface area (Å²) in [6, 6.07) is 1.24. The highest BCUT2D eigenvalue weighted by atomic mass is 35.5. The molecular weight excluding hydrogens is 379 g/mol. The first-order chi connectivity index (χ1) is 12.0. The quantitative estimate of drug-likeness (QED) is 0.645. The lowest BCUT2D eigenvalue weighted by atomic mass is 10.0. The number of hydrogen-bond donors (Lipinski definition) is 0. The fraction of sp³-hybridized carbons (Fsp3) is 0.556. The molecule has 144 valence electrons. The van der Waals surface area contributed by atoms with Gasteiger partial charge in [-0.15, -0.1) is 0 Å². The van der Waals surface area contributed by atoms with Crippen LogP contribution in [0.3, 0.4) is 0 Å². The minimum atomic E-state index is -0.593. The largest absolute Gasteiger partial charge is 0.444 e. The van der Waals surface area contributed by atoms with Gasteiger partial charge < -0.3 is 14.5 Å². The fourth-order valence-corrected chi connectivity index (χ4v) is 3.81. The van der Waals surface area contributed by atoms with E-state index in [0.717, 1.165) is 11.8 Å². The molecule has 2 amide bonds. The summed E-state index contributed by atoms with van der Waals surface area (Å²) in [6.45, 7) is 6.15. The van der Waals surface area contributed by atoms with Crippen molar-refractivity contribution < 1.29 is 18.7 Å². The number of amides is 2. The van der Waals surface area contributed by atoms with Crippen LogP contribution in [0.5, 0.6) is 0 Å². The zero-order valence-corrected chi connectivity index (χ0v) is 17.3. The lowest BCUT2D eigenvalue weighted by Crippen LogP contribution is -2.38. The standard InChI is InChI=1S/C18H24ClFN2O3S/c1-18(2,3)25-16(23)22-8-6-11-12(7-9-22)15(13(19)10-14(11)20)26-17(24)21(4)5/h10H,6-9H2,1-5H3. The van der Waals surface area contributed by atoms with Gasteiger partial charge in [-0.05, 0) is 62.6 Å². The Balaban J connectivity index is 2.29. The molecule has 0 spiro atoms. The Kier molecular flexibility index (Phi) is 6.45. The van der Waals surface area contributed by atoms with Crippen molar-refractivity contribution in [2.75, 3.05) is 27.2 Å². The van der Waals surface area contributed by atoms with Crippen molar-refractivity contribution in [2.24, 2.45) is 0 Å². The molecule has 0 atom stereocenters. The van der Waals surface area contributed by atoms with Crippen LogP contribution in [0.2, 0.25) is 5.02 Å². The summed E-state index contributed by atoms with van der Waals surface area (Å²) in [5, 5.41) is 0.0288. The molecule has 0 radical (unpaired) electrons. The minimum absolute atomic E-state index is 0.186. The molecule has 0 saturated heterocycles. The molecule has 2 rings (SSSR count). The molecule has 1 aromatic carbocycles. The molecule has 0 bridgehead atoms. The average Bonchev–Trinajstić information content (AvgIpc) is 2.72. The molecule has 8 heteroatoms. The number of benzene rings is 1. The highest BCUT2D eigenvalue weighted by Crippen LogP contribution is 2.37. The second-order valence-corrected chi connectivity index (χ2v) is 8.73. The van der Waals surface area contributed by atoms with E-state index in [9.17, 15) is 14.0 Å². The van der Waals surface area contributed by atoms with E-state index in [1.54, 1.807) is 39.8 Å². The lowest BCUT2D eigenvalue weighted by Gasteiger charge is -2.26. The molecule has 0 saturated carbocycles. The summed E-state index contributed by atoms with van der Waals surface area (Å²) < 4.78 is 19.9. The van der Waals surface area contributed by atoms with Crippen molar-refractivity contribution in [1.82, 2.24) is 9.80 Å². The van der Waals surface area contributed by atoms with Crippen molar-refractivity contribution in [3.8, 4) is 0 Å². The van der Waals surface area contributed by atoms with Gasteiger partial charge in [-0.3, -0.25) is 4.79 Å². The molecule has 0 N–H and O–H groups in total. The predicted molar refractivity (Wildman–Crippen MR) is 102 cm³/mol. The van der Waals surface area contributed by atoms with Crippen molar-refractivity contribution in [3.05, 3.63) is 28.0 Å². The van der Waals surface area contributed by atoms with Gasteiger partial charge in [0.25, 0.3) is 5.24 Å². The Labute approximate surface area is 162 Å². The number of nitrogens with zero attached hydrogens (tertiary/aromatic N) is 2. The third-order valence-electron chi connectivity index (χ3n) is 3.87. The maximum atomic E-state index is 14.5. The first-order valence-electron chi connectivity index (χ1n) is 8.36. The van der Waals surface area contributed by atoms with E-state index in [0.29, 0.717) is 42.0 Å². The van der Waals surface area contributed by atoms with Crippen LogP contribution in [0.15, 0.2) is 11.0 Å². The Morgan fingerprint density at radius 1 is 1.23 bits per heavy atom. The van der Waals surface area contributed by atoms with Crippen LogP contribution in [0.25, 0.3) is 0 Å². The molecule has 1 aliphatic rings. The molecule has 0 aliphatic carbocycles. The second-order valence-electron chi connectivity index (χ2n) is 7.36. The number of ether oxygens (including phenoxy) is 1. The van der Waals surface area contributed by atoms with E-state index in [4.69, 9.17) is 16.3 Å². The van der Waals surface area contributed by atoms with E-state index in [2.05, 4.69) is 0 Å². The Morgan fingerprint density at radius 2 is 1.81 bits per heavy atom. The zero-order valence-electron chi connectivity index (χ0n) is 15.7. The Hall–Kier alpha value is -1.47. The maximum absolute atomic E-state index is 14.5. The van der Waals surface area contributed by atoms with Gasteiger partial charge >= 0.3 is 6.09 Å². The normalized spacial score (nSPS) is 14.5. The van der Waals surface area contributed by atoms with Crippen LogP contribution in [-0.4, -0.2) is 53.9 Å². The van der Waals surface area contributed by atoms with E-state index in [-0.39, 0.29) is 10.3 Å². The molecule has 5 nitrogen and oxygen atoms in total. The SMILES string of the molecule is CN(C)C(=O)Sc1c(Cl)cc(F)c2c1CCN(C(=O)OC(C)(C)C)CC2. The molecule has 0 unspecified atom stereocenters. The van der Waals surface area contributed by atoms with Crippen LogP contribution < -0.4 is 0 Å². The number of carbonyl (C=O) groups is 2. The van der Waals surface area contributed by atoms with Gasteiger partial charge in [0.05, 0.1) is 5.02 Å². The Bertz CT molecular complexity index is 719. The molecule has 1 aliphatic heterocycles. The molecule has 1 aromatic rings. The second kappa shape index (κ2) is 8.05. The molecule has 1 heterocycles. The predicted octanol–water partition coefficient (Wildman–Crippen LogP) is 4.59. The first kappa shape index (κ1) is 20.8. The van der Waals surface area contributed by atoms with Crippen molar-refractivity contribution in [1.29, 1.82) is 0 Å². The maximum Gasteiger partial charge on any atom is 0.410 e. The van der Waals surface area contributed by atoms with Gasteiger partial charge in [0.1, 0.15) is 11.4 Å². The molecule has 0 aromatic heterocycles. The third kappa shape index (κ3) is 5.04. The van der Waals surface area contributed by atoms with Crippen LogP contribution >= 0.6 is 23.4 Å². The molecular formula is C18H24ClFN2O3S. The number of thioether (sulfide) groups is 1. The van der Waals surface area contributed by atoms with E-state index < -0.39 is 17.5 Å². The van der Waals surface area contributed by atoms with E-state index >= 15 is 0 Å². The van der Waals surface area contributed by atoms with Crippen LogP contribution in [-0.2, 0) is 17.6 Å². The van der Waals surface area contributed by atoms with Gasteiger partial charge in [0.2, 0.25) is 0 Å². The van der Waals surface area contributed by atoms with Crippen LogP contribution in [0, 0.1) is 5.82 Å². The monoisotopic (exact) mass is 402 g/mol. The van der Waals surface area contributed by atoms with Gasteiger partial charge in [-0.2, -0.15) is 0 Å². The number of rotatable bonds is 1. The lowest BCUT2D eigenvalue weighted by molar-refractivity contribution is 0.0258. The number of carbonyl (C=O) groups excluding carboxylic acids is 2. The van der Waals surface area contributed by atoms with E-state index in [1.165, 1.54) is 11.0 Å². The smallest absolute Gasteiger partial charge is 0.410 e. The fourth-order valence-electron chi connectivity index (χ4n) is 2.63. The summed E-state index contributed by atoms with van der Waals surface area (Å²) in [5.41, 5.74) is 0.611. The van der Waals surface area contributed by atoms with Crippen molar-refractivity contribution >= 4 is 34.7 Å². The summed E-state index contributed by atoms with van der Waals surface area (Å²) >= 11 is 7.20. The van der Waals surface area contributed by atoms with Crippen molar-refractivity contribution in [2.45, 2.75) is 44.1 Å². The van der Waals surface area contributed by atoms with Gasteiger partial charge in [-0.25, -0.2) is 9.18 Å². The van der Waals surface area contributed by atoms with Gasteiger partial charge in [0, 0.05) is 32.1 Å². The summed E-state index contributed by atoms with van der Waals surface area (Å²) in [4.78, 5) is 28.0. The molecule has 26 heavy (non-hydrogen) atoms. The number of fused-ring (bicyclic) bond motifs is 1. The minimum Gasteiger partial charge on any atom is -0.444 e. The van der Waals surface area contributed by atoms with Gasteiger partial charge in [-0.1, -0.05) is 11.6 Å². The third-order valence-corrected chi connectivity index (χ3v) is 5.49. The van der Waals surface area contributed by atoms with Crippen LogP contribution in [0.1, 0.15) is 31.9 Å².